The van der Waals surface area contributed by atoms with Crippen molar-refractivity contribution in [3.63, 3.8) is 0 Å². The van der Waals surface area contributed by atoms with Crippen LogP contribution in [0.25, 0.3) is 10.9 Å². The number of aromatic nitrogens is 2. The first-order valence-electron chi connectivity index (χ1n) is 4.91. The van der Waals surface area contributed by atoms with Crippen molar-refractivity contribution in [1.82, 2.24) is 9.97 Å². The fourth-order valence-corrected chi connectivity index (χ4v) is 1.66. The number of aryl methyl sites for hydroxylation is 1. The maximum Gasteiger partial charge on any atom is 0.129 e. The van der Waals surface area contributed by atoms with Gasteiger partial charge in [-0.1, -0.05) is 23.7 Å². The Morgan fingerprint density at radius 1 is 1.33 bits per heavy atom. The van der Waals surface area contributed by atoms with Crippen LogP contribution < -0.4 is 5.73 Å². The van der Waals surface area contributed by atoms with Crippen molar-refractivity contribution in [2.75, 3.05) is 6.54 Å². The van der Waals surface area contributed by atoms with Gasteiger partial charge in [0.15, 0.2) is 0 Å². The van der Waals surface area contributed by atoms with Crippen molar-refractivity contribution < 1.29 is 0 Å². The molecule has 0 aliphatic rings. The van der Waals surface area contributed by atoms with Crippen LogP contribution in [0.5, 0.6) is 0 Å². The van der Waals surface area contributed by atoms with E-state index < -0.39 is 0 Å². The molecule has 0 atom stereocenters. The number of para-hydroxylation sites is 1. The first kappa shape index (κ1) is 10.3. The van der Waals surface area contributed by atoms with Gasteiger partial charge in [0.25, 0.3) is 0 Å². The predicted molar refractivity (Wildman–Crippen MR) is 61.9 cm³/mol. The van der Waals surface area contributed by atoms with E-state index in [0.717, 1.165) is 29.6 Å². The summed E-state index contributed by atoms with van der Waals surface area (Å²) in [6.45, 7) is 0.657. The standard InChI is InChI=1S/C11H12ClN3/c12-9-4-1-3-8-7-14-10(5-2-6-13)15-11(8)9/h1,3-4,7H,2,5-6,13H2. The summed E-state index contributed by atoms with van der Waals surface area (Å²) in [5.41, 5.74) is 6.26. The maximum absolute atomic E-state index is 6.05. The summed E-state index contributed by atoms with van der Waals surface area (Å²) in [6, 6.07) is 5.69. The number of nitrogens with zero attached hydrogens (tertiary/aromatic N) is 2. The van der Waals surface area contributed by atoms with E-state index in [9.17, 15) is 0 Å². The summed E-state index contributed by atoms with van der Waals surface area (Å²) in [6.07, 6.45) is 3.51. The molecule has 3 nitrogen and oxygen atoms in total. The van der Waals surface area contributed by atoms with E-state index in [0.29, 0.717) is 11.6 Å². The van der Waals surface area contributed by atoms with Gasteiger partial charge in [-0.3, -0.25) is 0 Å². The van der Waals surface area contributed by atoms with Gasteiger partial charge in [-0.05, 0) is 19.0 Å². The second kappa shape index (κ2) is 4.55. The van der Waals surface area contributed by atoms with E-state index in [1.807, 2.05) is 18.2 Å². The highest BCUT2D eigenvalue weighted by atomic mass is 35.5. The molecule has 0 saturated heterocycles. The lowest BCUT2D eigenvalue weighted by molar-refractivity contribution is 0.786. The molecule has 0 amide bonds. The third-order valence-electron chi connectivity index (χ3n) is 2.22. The van der Waals surface area contributed by atoms with E-state index in [4.69, 9.17) is 17.3 Å². The number of nitrogens with two attached hydrogens (primary N) is 1. The molecular formula is C11H12ClN3. The van der Waals surface area contributed by atoms with Gasteiger partial charge in [0.2, 0.25) is 0 Å². The zero-order valence-electron chi connectivity index (χ0n) is 8.28. The van der Waals surface area contributed by atoms with Crippen molar-refractivity contribution in [3.8, 4) is 0 Å². The highest BCUT2D eigenvalue weighted by Gasteiger charge is 2.02. The van der Waals surface area contributed by atoms with Gasteiger partial charge in [-0.25, -0.2) is 9.97 Å². The van der Waals surface area contributed by atoms with E-state index in [-0.39, 0.29) is 0 Å². The molecule has 2 aromatic rings. The molecule has 0 spiro atoms. The van der Waals surface area contributed by atoms with Gasteiger partial charge >= 0.3 is 0 Å². The topological polar surface area (TPSA) is 51.8 Å². The summed E-state index contributed by atoms with van der Waals surface area (Å²) < 4.78 is 0. The predicted octanol–water partition coefficient (Wildman–Crippen LogP) is 2.17. The van der Waals surface area contributed by atoms with E-state index in [2.05, 4.69) is 9.97 Å². The normalized spacial score (nSPS) is 10.8. The number of benzene rings is 1. The van der Waals surface area contributed by atoms with Crippen LogP contribution in [0, 0.1) is 0 Å². The summed E-state index contributed by atoms with van der Waals surface area (Å²) in [5, 5.41) is 1.64. The molecular weight excluding hydrogens is 210 g/mol. The van der Waals surface area contributed by atoms with E-state index in [1.165, 1.54) is 0 Å². The number of fused-ring (bicyclic) bond motifs is 1. The van der Waals surface area contributed by atoms with E-state index in [1.54, 1.807) is 6.20 Å². The second-order valence-electron chi connectivity index (χ2n) is 3.36. The molecule has 4 heteroatoms. The summed E-state index contributed by atoms with van der Waals surface area (Å²) in [5.74, 6) is 0.807. The molecule has 1 aromatic heterocycles. The Morgan fingerprint density at radius 2 is 2.20 bits per heavy atom. The lowest BCUT2D eigenvalue weighted by Gasteiger charge is -2.02. The molecule has 78 valence electrons. The average Bonchev–Trinajstić information content (AvgIpc) is 2.27. The molecule has 1 heterocycles. The summed E-state index contributed by atoms with van der Waals surface area (Å²) in [4.78, 5) is 8.67. The molecule has 1 aromatic carbocycles. The number of hydrogen-bond acceptors (Lipinski definition) is 3. The summed E-state index contributed by atoms with van der Waals surface area (Å²) in [7, 11) is 0. The maximum atomic E-state index is 6.05. The Hall–Kier alpha value is -1.19. The lowest BCUT2D eigenvalue weighted by atomic mass is 10.2. The largest absolute Gasteiger partial charge is 0.330 e. The minimum atomic E-state index is 0.657. The Balaban J connectivity index is 2.41. The first-order valence-corrected chi connectivity index (χ1v) is 5.29. The molecule has 0 bridgehead atoms. The fourth-order valence-electron chi connectivity index (χ4n) is 1.44. The first-order chi connectivity index (χ1) is 7.31. The molecule has 0 aliphatic carbocycles. The van der Waals surface area contributed by atoms with Crippen LogP contribution in [0.1, 0.15) is 12.2 Å². The number of hydrogen-bond donors (Lipinski definition) is 1. The van der Waals surface area contributed by atoms with E-state index >= 15 is 0 Å². The monoisotopic (exact) mass is 221 g/mol. The third kappa shape index (κ3) is 2.25. The van der Waals surface area contributed by atoms with Crippen LogP contribution in [0.4, 0.5) is 0 Å². The van der Waals surface area contributed by atoms with Crippen LogP contribution in [0.15, 0.2) is 24.4 Å². The lowest BCUT2D eigenvalue weighted by Crippen LogP contribution is -2.03. The smallest absolute Gasteiger partial charge is 0.129 e. The molecule has 2 rings (SSSR count). The van der Waals surface area contributed by atoms with Gasteiger partial charge < -0.3 is 5.73 Å². The van der Waals surface area contributed by atoms with Crippen LogP contribution >= 0.6 is 11.6 Å². The third-order valence-corrected chi connectivity index (χ3v) is 2.52. The number of halogens is 1. The quantitative estimate of drug-likeness (QED) is 0.865. The molecule has 0 saturated carbocycles. The molecule has 2 N–H and O–H groups in total. The van der Waals surface area contributed by atoms with Crippen molar-refractivity contribution >= 4 is 22.5 Å². The van der Waals surface area contributed by atoms with Crippen LogP contribution in [0.3, 0.4) is 0 Å². The highest BCUT2D eigenvalue weighted by molar-refractivity contribution is 6.34. The minimum absolute atomic E-state index is 0.657. The minimum Gasteiger partial charge on any atom is -0.330 e. The van der Waals surface area contributed by atoms with Gasteiger partial charge in [-0.15, -0.1) is 0 Å². The van der Waals surface area contributed by atoms with Crippen molar-refractivity contribution in [1.29, 1.82) is 0 Å². The van der Waals surface area contributed by atoms with Crippen molar-refractivity contribution in [2.45, 2.75) is 12.8 Å². The Kier molecular flexibility index (Phi) is 3.14. The number of rotatable bonds is 3. The molecule has 0 unspecified atom stereocenters. The Bertz CT molecular complexity index is 470. The SMILES string of the molecule is NCCCc1ncc2cccc(Cl)c2n1. The van der Waals surface area contributed by atoms with Crippen LogP contribution in [0.2, 0.25) is 5.02 Å². The van der Waals surface area contributed by atoms with Crippen LogP contribution in [-0.2, 0) is 6.42 Å². The van der Waals surface area contributed by atoms with Gasteiger partial charge in [-0.2, -0.15) is 0 Å². The molecule has 15 heavy (non-hydrogen) atoms. The zero-order valence-corrected chi connectivity index (χ0v) is 9.04. The van der Waals surface area contributed by atoms with Crippen molar-refractivity contribution in [2.24, 2.45) is 5.73 Å². The Morgan fingerprint density at radius 3 is 3.00 bits per heavy atom. The molecule has 0 radical (unpaired) electrons. The molecule has 0 aliphatic heterocycles. The van der Waals surface area contributed by atoms with Gasteiger partial charge in [0.05, 0.1) is 10.5 Å². The second-order valence-corrected chi connectivity index (χ2v) is 3.76. The zero-order chi connectivity index (χ0) is 10.7. The van der Waals surface area contributed by atoms with Gasteiger partial charge in [0, 0.05) is 18.0 Å². The Labute approximate surface area is 93.3 Å². The summed E-state index contributed by atoms with van der Waals surface area (Å²) >= 11 is 6.05. The van der Waals surface area contributed by atoms with Gasteiger partial charge in [0.1, 0.15) is 5.82 Å². The fraction of sp³-hybridized carbons (Fsp3) is 0.273. The highest BCUT2D eigenvalue weighted by Crippen LogP contribution is 2.20. The average molecular weight is 222 g/mol. The van der Waals surface area contributed by atoms with Crippen LogP contribution in [-0.4, -0.2) is 16.5 Å². The van der Waals surface area contributed by atoms with Crippen molar-refractivity contribution in [3.05, 3.63) is 35.2 Å². The molecule has 0 fully saturated rings.